The van der Waals surface area contributed by atoms with Gasteiger partial charge in [0.2, 0.25) is 5.91 Å². The molecule has 2 heterocycles. The first kappa shape index (κ1) is 22.0. The highest BCUT2D eigenvalue weighted by Crippen LogP contribution is 2.31. The molecule has 2 amide bonds. The molecule has 7 nitrogen and oxygen atoms in total. The van der Waals surface area contributed by atoms with Gasteiger partial charge in [0.05, 0.1) is 5.52 Å². The summed E-state index contributed by atoms with van der Waals surface area (Å²) in [6.07, 6.45) is 4.62. The fourth-order valence-corrected chi connectivity index (χ4v) is 3.29. The minimum Gasteiger partial charge on any atom is -0.457 e. The number of anilines is 2. The van der Waals surface area contributed by atoms with Crippen LogP contribution in [0, 0.1) is 0 Å². The molecule has 0 bridgehead atoms. The average Bonchev–Trinajstić information content (AvgIpc) is 2.85. The first-order chi connectivity index (χ1) is 16.1. The Morgan fingerprint density at radius 2 is 1.67 bits per heavy atom. The summed E-state index contributed by atoms with van der Waals surface area (Å²) in [6.45, 7) is 3.85. The molecule has 7 heteroatoms. The van der Waals surface area contributed by atoms with Crippen LogP contribution in [0.3, 0.4) is 0 Å². The van der Waals surface area contributed by atoms with Crippen molar-refractivity contribution < 1.29 is 14.3 Å². The number of ether oxygens (including phenoxy) is 1. The zero-order valence-electron chi connectivity index (χ0n) is 18.5. The van der Waals surface area contributed by atoms with E-state index >= 15 is 0 Å². The largest absolute Gasteiger partial charge is 0.457 e. The van der Waals surface area contributed by atoms with E-state index in [1.165, 1.54) is 0 Å². The number of hydrogen-bond acceptors (Lipinski definition) is 5. The van der Waals surface area contributed by atoms with Crippen molar-refractivity contribution in [3.05, 3.63) is 84.2 Å². The molecule has 0 fully saturated rings. The number of amides is 2. The maximum Gasteiger partial charge on any atom is 0.256 e. The number of rotatable bonds is 7. The Labute approximate surface area is 191 Å². The second-order valence-corrected chi connectivity index (χ2v) is 7.43. The summed E-state index contributed by atoms with van der Waals surface area (Å²) in [5.41, 5.74) is 3.03. The number of pyridine rings is 2. The van der Waals surface area contributed by atoms with Crippen molar-refractivity contribution in [2.24, 2.45) is 0 Å². The van der Waals surface area contributed by atoms with Gasteiger partial charge in [-0.2, -0.15) is 0 Å². The van der Waals surface area contributed by atoms with Crippen molar-refractivity contribution in [2.75, 3.05) is 10.6 Å². The predicted molar refractivity (Wildman–Crippen MR) is 129 cm³/mol. The van der Waals surface area contributed by atoms with E-state index in [4.69, 9.17) is 4.74 Å². The quantitative estimate of drug-likeness (QED) is 0.391. The molecule has 0 atom stereocenters. The highest BCUT2D eigenvalue weighted by Gasteiger charge is 2.10. The number of benzene rings is 2. The first-order valence-corrected chi connectivity index (χ1v) is 10.8. The van der Waals surface area contributed by atoms with Gasteiger partial charge in [-0.25, -0.2) is 4.98 Å². The molecule has 0 spiro atoms. The molecule has 0 saturated heterocycles. The first-order valence-electron chi connectivity index (χ1n) is 10.8. The molecule has 0 radical (unpaired) electrons. The van der Waals surface area contributed by atoms with Gasteiger partial charge >= 0.3 is 0 Å². The van der Waals surface area contributed by atoms with Gasteiger partial charge in [0.15, 0.2) is 0 Å². The fraction of sp³-hybridized carbons (Fsp3) is 0.154. The lowest BCUT2D eigenvalue weighted by Crippen LogP contribution is -2.12. The Morgan fingerprint density at radius 3 is 2.42 bits per heavy atom. The highest BCUT2D eigenvalue weighted by atomic mass is 16.5. The third-order valence-corrected chi connectivity index (χ3v) is 5.12. The average molecular weight is 441 g/mol. The van der Waals surface area contributed by atoms with Gasteiger partial charge in [0.1, 0.15) is 17.3 Å². The molecule has 2 aromatic heterocycles. The number of nitrogens with one attached hydrogen (secondary N) is 2. The molecule has 0 aliphatic carbocycles. The monoisotopic (exact) mass is 440 g/mol. The maximum absolute atomic E-state index is 12.6. The van der Waals surface area contributed by atoms with E-state index in [-0.39, 0.29) is 11.8 Å². The van der Waals surface area contributed by atoms with E-state index in [0.717, 1.165) is 22.9 Å². The van der Waals surface area contributed by atoms with E-state index in [9.17, 15) is 9.59 Å². The number of aromatic nitrogens is 2. The van der Waals surface area contributed by atoms with Crippen molar-refractivity contribution in [1.82, 2.24) is 9.97 Å². The van der Waals surface area contributed by atoms with Gasteiger partial charge < -0.3 is 15.4 Å². The van der Waals surface area contributed by atoms with E-state index < -0.39 is 0 Å². The van der Waals surface area contributed by atoms with E-state index in [0.29, 0.717) is 35.0 Å². The summed E-state index contributed by atoms with van der Waals surface area (Å²) < 4.78 is 6.06. The van der Waals surface area contributed by atoms with Crippen molar-refractivity contribution in [3.63, 3.8) is 0 Å². The van der Waals surface area contributed by atoms with Crippen molar-refractivity contribution in [2.45, 2.75) is 26.7 Å². The predicted octanol–water partition coefficient (Wildman–Crippen LogP) is 5.59. The second kappa shape index (κ2) is 9.91. The van der Waals surface area contributed by atoms with Crippen LogP contribution in [0.4, 0.5) is 11.5 Å². The molecular formula is C26H24N4O3. The van der Waals surface area contributed by atoms with Crippen LogP contribution in [0.1, 0.15) is 36.2 Å². The number of nitrogens with zero attached hydrogens (tertiary/aromatic N) is 2. The van der Waals surface area contributed by atoms with E-state index in [1.807, 2.05) is 37.3 Å². The van der Waals surface area contributed by atoms with Crippen molar-refractivity contribution in [1.29, 1.82) is 0 Å². The Kier molecular flexibility index (Phi) is 6.59. The smallest absolute Gasteiger partial charge is 0.256 e. The number of hydrogen-bond donors (Lipinski definition) is 2. The summed E-state index contributed by atoms with van der Waals surface area (Å²) in [5.74, 6) is 1.39. The number of carbonyl (C=O) groups excluding carboxylic acids is 2. The lowest BCUT2D eigenvalue weighted by Gasteiger charge is -2.11. The molecule has 166 valence electrons. The number of aryl methyl sites for hydroxylation is 1. The van der Waals surface area contributed by atoms with Gasteiger partial charge in [0.25, 0.3) is 5.91 Å². The van der Waals surface area contributed by atoms with Crippen LogP contribution in [0.15, 0.2) is 73.1 Å². The Morgan fingerprint density at radius 1 is 0.879 bits per heavy atom. The van der Waals surface area contributed by atoms with Crippen LogP contribution in [0.25, 0.3) is 10.9 Å². The van der Waals surface area contributed by atoms with Gasteiger partial charge in [-0.3, -0.25) is 14.6 Å². The minimum absolute atomic E-state index is 0.0637. The summed E-state index contributed by atoms with van der Waals surface area (Å²) >= 11 is 0. The Hall–Kier alpha value is -4.26. The highest BCUT2D eigenvalue weighted by molar-refractivity contribution is 6.03. The lowest BCUT2D eigenvalue weighted by molar-refractivity contribution is -0.115. The third-order valence-electron chi connectivity index (χ3n) is 5.12. The molecule has 0 aliphatic rings. The summed E-state index contributed by atoms with van der Waals surface area (Å²) in [6, 6.07) is 17.9. The molecule has 0 unspecified atom stereocenters. The molecule has 0 saturated carbocycles. The van der Waals surface area contributed by atoms with Crippen LogP contribution in [0.5, 0.6) is 11.5 Å². The zero-order valence-corrected chi connectivity index (χ0v) is 18.5. The molecule has 2 aromatic carbocycles. The van der Waals surface area contributed by atoms with Crippen molar-refractivity contribution >= 4 is 34.2 Å². The Bertz CT molecular complexity index is 1300. The van der Waals surface area contributed by atoms with Crippen LogP contribution in [-0.4, -0.2) is 21.8 Å². The Balaban J connectivity index is 1.51. The lowest BCUT2D eigenvalue weighted by atomic mass is 10.1. The summed E-state index contributed by atoms with van der Waals surface area (Å²) in [4.78, 5) is 32.9. The molecule has 2 N–H and O–H groups in total. The molecule has 4 rings (SSSR count). The fourth-order valence-electron chi connectivity index (χ4n) is 3.29. The number of fused-ring (bicyclic) bond motifs is 1. The second-order valence-electron chi connectivity index (χ2n) is 7.43. The van der Waals surface area contributed by atoms with E-state index in [1.54, 1.807) is 49.6 Å². The summed E-state index contributed by atoms with van der Waals surface area (Å²) in [7, 11) is 0. The minimum atomic E-state index is -0.243. The molecule has 4 aromatic rings. The topological polar surface area (TPSA) is 93.2 Å². The number of carbonyl (C=O) groups is 2. The molecular weight excluding hydrogens is 416 g/mol. The molecule has 0 aliphatic heterocycles. The van der Waals surface area contributed by atoms with Crippen LogP contribution < -0.4 is 15.4 Å². The van der Waals surface area contributed by atoms with Gasteiger partial charge in [-0.05, 0) is 72.6 Å². The van der Waals surface area contributed by atoms with Crippen molar-refractivity contribution in [3.8, 4) is 11.5 Å². The van der Waals surface area contributed by atoms with Gasteiger partial charge in [-0.15, -0.1) is 0 Å². The van der Waals surface area contributed by atoms with Crippen LogP contribution in [0.2, 0.25) is 0 Å². The van der Waals surface area contributed by atoms with Crippen LogP contribution >= 0.6 is 0 Å². The zero-order chi connectivity index (χ0) is 23.2. The third kappa shape index (κ3) is 5.33. The van der Waals surface area contributed by atoms with E-state index in [2.05, 4.69) is 20.6 Å². The molecule has 33 heavy (non-hydrogen) atoms. The standard InChI is InChI=1S/C26H24N4O3/c1-3-17-11-13-28-24(15-17)30-26(32)18-5-8-20(9-6-18)33-23-12-14-27-22-10-7-19(16-21(22)23)29-25(31)4-2/h5-16H,3-4H2,1-2H3,(H,29,31)(H,28,30,32). The van der Waals surface area contributed by atoms with Crippen LogP contribution in [-0.2, 0) is 11.2 Å². The summed E-state index contributed by atoms with van der Waals surface area (Å²) in [5, 5.41) is 6.44. The SMILES string of the molecule is CCC(=O)Nc1ccc2nccc(Oc3ccc(C(=O)Nc4cc(CC)ccn4)cc3)c2c1. The van der Waals surface area contributed by atoms with Gasteiger partial charge in [0, 0.05) is 35.5 Å². The van der Waals surface area contributed by atoms with Gasteiger partial charge in [-0.1, -0.05) is 13.8 Å². The maximum atomic E-state index is 12.6. The normalized spacial score (nSPS) is 10.6.